The molecule has 0 N–H and O–H groups in total. The van der Waals surface area contributed by atoms with Crippen molar-refractivity contribution < 1.29 is 4.53 Å². The summed E-state index contributed by atoms with van der Waals surface area (Å²) < 4.78 is 5.46. The van der Waals surface area contributed by atoms with Gasteiger partial charge >= 0.3 is 0 Å². The van der Waals surface area contributed by atoms with Gasteiger partial charge in [0, 0.05) is 5.56 Å². The van der Waals surface area contributed by atoms with Gasteiger partial charge in [-0.1, -0.05) is 12.1 Å². The first-order valence-electron chi connectivity index (χ1n) is 5.16. The van der Waals surface area contributed by atoms with Crippen molar-refractivity contribution in [1.82, 2.24) is 0 Å². The summed E-state index contributed by atoms with van der Waals surface area (Å²) in [6.07, 6.45) is 0. The van der Waals surface area contributed by atoms with Crippen molar-refractivity contribution >= 4 is 14.0 Å². The highest BCUT2D eigenvalue weighted by Gasteiger charge is 2.16. The van der Waals surface area contributed by atoms with Crippen LogP contribution in [0, 0.1) is 11.3 Å². The summed E-state index contributed by atoms with van der Waals surface area (Å²) in [5.74, 6) is 0. The molecule has 0 aromatic heterocycles. The number of hydrogen-bond acceptors (Lipinski definition) is 3. The average Bonchev–Trinajstić information content (AvgIpc) is 2.25. The number of hydrogen-bond donors (Lipinski definition) is 0. The van der Waals surface area contributed by atoms with E-state index in [-0.39, 0.29) is 0 Å². The third-order valence-corrected chi connectivity index (χ3v) is 2.50. The van der Waals surface area contributed by atoms with Crippen LogP contribution in [0.5, 0.6) is 0 Å². The maximum absolute atomic E-state index is 8.79. The molecule has 0 aliphatic heterocycles. The lowest BCUT2D eigenvalue weighted by molar-refractivity contribution is 0.335. The molecule has 0 aliphatic rings. The van der Waals surface area contributed by atoms with E-state index in [1.165, 1.54) is 0 Å². The Morgan fingerprint density at radius 1 is 1.38 bits per heavy atom. The van der Waals surface area contributed by atoms with Crippen LogP contribution < -0.4 is 0 Å². The fraction of sp³-hybridized carbons (Fsp3) is 0.333. The van der Waals surface area contributed by atoms with E-state index in [0.29, 0.717) is 5.56 Å². The Morgan fingerprint density at radius 3 is 2.62 bits per heavy atom. The summed E-state index contributed by atoms with van der Waals surface area (Å²) in [5, 5.41) is 12.9. The topological polar surface area (TPSA) is 45.4 Å². The fourth-order valence-corrected chi connectivity index (χ4v) is 1.48. The molecule has 0 bridgehead atoms. The highest BCUT2D eigenvalue weighted by molar-refractivity contribution is 6.69. The Labute approximate surface area is 97.5 Å². The minimum absolute atomic E-state index is 0.639. The summed E-state index contributed by atoms with van der Waals surface area (Å²) in [7, 11) is -1.63. The Morgan fingerprint density at radius 2 is 2.06 bits per heavy atom. The Hall–Kier alpha value is -1.60. The van der Waals surface area contributed by atoms with E-state index in [1.807, 2.05) is 25.1 Å². The molecule has 4 heteroatoms. The molecule has 0 saturated carbocycles. The number of oxime groups is 1. The van der Waals surface area contributed by atoms with Crippen molar-refractivity contribution in [3.05, 3.63) is 35.4 Å². The van der Waals surface area contributed by atoms with E-state index in [1.54, 1.807) is 6.07 Å². The Balaban J connectivity index is 2.88. The highest BCUT2D eigenvalue weighted by Crippen LogP contribution is 2.08. The van der Waals surface area contributed by atoms with Crippen LogP contribution in [0.25, 0.3) is 0 Å². The van der Waals surface area contributed by atoms with Crippen LogP contribution in [-0.4, -0.2) is 14.0 Å². The molecule has 3 nitrogen and oxygen atoms in total. The molecule has 0 heterocycles. The van der Waals surface area contributed by atoms with E-state index in [9.17, 15) is 0 Å². The van der Waals surface area contributed by atoms with Crippen molar-refractivity contribution in [1.29, 1.82) is 5.26 Å². The zero-order chi connectivity index (χ0) is 12.2. The number of rotatable bonds is 3. The summed E-state index contributed by atoms with van der Waals surface area (Å²) in [6.45, 7) is 8.12. The van der Waals surface area contributed by atoms with Gasteiger partial charge in [-0.2, -0.15) is 5.26 Å². The molecule has 0 unspecified atom stereocenters. The first-order chi connectivity index (χ1) is 7.42. The van der Waals surface area contributed by atoms with Crippen LogP contribution in [0.3, 0.4) is 0 Å². The van der Waals surface area contributed by atoms with Gasteiger partial charge in [0.05, 0.1) is 17.3 Å². The molecule has 0 amide bonds. The first kappa shape index (κ1) is 12.5. The maximum Gasteiger partial charge on any atom is 0.278 e. The second kappa shape index (κ2) is 4.95. The molecular formula is C12H16N2OSi. The molecule has 1 aromatic rings. The predicted octanol–water partition coefficient (Wildman–Crippen LogP) is 3.13. The van der Waals surface area contributed by atoms with Gasteiger partial charge in [0.25, 0.3) is 8.32 Å². The minimum Gasteiger partial charge on any atom is -0.455 e. The number of nitrogens with zero attached hydrogens (tertiary/aromatic N) is 2. The van der Waals surface area contributed by atoms with Gasteiger partial charge in [0.1, 0.15) is 0 Å². The lowest BCUT2D eigenvalue weighted by atomic mass is 10.1. The molecule has 16 heavy (non-hydrogen) atoms. The van der Waals surface area contributed by atoms with E-state index in [0.717, 1.165) is 11.3 Å². The maximum atomic E-state index is 8.79. The largest absolute Gasteiger partial charge is 0.455 e. The molecule has 0 aliphatic carbocycles. The summed E-state index contributed by atoms with van der Waals surface area (Å²) >= 11 is 0. The van der Waals surface area contributed by atoms with Crippen LogP contribution >= 0.6 is 0 Å². The molecule has 0 spiro atoms. The second-order valence-electron chi connectivity index (χ2n) is 4.57. The molecular weight excluding hydrogens is 216 g/mol. The van der Waals surface area contributed by atoms with Gasteiger partial charge in [-0.05, 0) is 38.7 Å². The Bertz CT molecular complexity index is 441. The third kappa shape index (κ3) is 3.87. The monoisotopic (exact) mass is 232 g/mol. The van der Waals surface area contributed by atoms with Crippen molar-refractivity contribution in [2.45, 2.75) is 26.6 Å². The van der Waals surface area contributed by atoms with Crippen molar-refractivity contribution in [3.63, 3.8) is 0 Å². The second-order valence-corrected chi connectivity index (χ2v) is 8.98. The zero-order valence-corrected chi connectivity index (χ0v) is 11.1. The SMILES string of the molecule is CC(=NO[Si](C)(C)C)c1cccc(C#N)c1. The smallest absolute Gasteiger partial charge is 0.278 e. The van der Waals surface area contributed by atoms with Crippen LogP contribution in [0.2, 0.25) is 19.6 Å². The normalized spacial score (nSPS) is 12.1. The van der Waals surface area contributed by atoms with Crippen molar-refractivity contribution in [3.8, 4) is 6.07 Å². The summed E-state index contributed by atoms with van der Waals surface area (Å²) in [5.41, 5.74) is 2.37. The van der Waals surface area contributed by atoms with Crippen molar-refractivity contribution in [2.75, 3.05) is 0 Å². The zero-order valence-electron chi connectivity index (χ0n) is 10.1. The Kier molecular flexibility index (Phi) is 3.86. The van der Waals surface area contributed by atoms with Gasteiger partial charge in [0.2, 0.25) is 0 Å². The van der Waals surface area contributed by atoms with Gasteiger partial charge < -0.3 is 4.53 Å². The molecule has 0 radical (unpaired) electrons. The molecule has 1 aromatic carbocycles. The minimum atomic E-state index is -1.63. The van der Waals surface area contributed by atoms with E-state index in [4.69, 9.17) is 9.79 Å². The van der Waals surface area contributed by atoms with E-state index >= 15 is 0 Å². The van der Waals surface area contributed by atoms with Crippen LogP contribution in [0.4, 0.5) is 0 Å². The van der Waals surface area contributed by atoms with Gasteiger partial charge in [-0.25, -0.2) is 0 Å². The summed E-state index contributed by atoms with van der Waals surface area (Å²) in [4.78, 5) is 0. The predicted molar refractivity (Wildman–Crippen MR) is 67.8 cm³/mol. The first-order valence-corrected chi connectivity index (χ1v) is 8.56. The highest BCUT2D eigenvalue weighted by atomic mass is 28.4. The average molecular weight is 232 g/mol. The number of benzene rings is 1. The van der Waals surface area contributed by atoms with Gasteiger partial charge in [-0.15, -0.1) is 5.16 Å². The molecule has 1 rings (SSSR count). The quantitative estimate of drug-likeness (QED) is 0.456. The fourth-order valence-electron chi connectivity index (χ4n) is 1.07. The van der Waals surface area contributed by atoms with Gasteiger partial charge in [0.15, 0.2) is 0 Å². The third-order valence-electron chi connectivity index (χ3n) is 1.87. The van der Waals surface area contributed by atoms with E-state index < -0.39 is 8.32 Å². The summed E-state index contributed by atoms with van der Waals surface area (Å²) in [6, 6.07) is 9.47. The lowest BCUT2D eigenvalue weighted by Gasteiger charge is -2.13. The molecule has 0 saturated heterocycles. The number of nitriles is 1. The molecule has 0 fully saturated rings. The van der Waals surface area contributed by atoms with Crippen LogP contribution in [-0.2, 0) is 4.53 Å². The van der Waals surface area contributed by atoms with Gasteiger partial charge in [-0.3, -0.25) is 0 Å². The molecule has 84 valence electrons. The van der Waals surface area contributed by atoms with Crippen LogP contribution in [0.15, 0.2) is 29.4 Å². The lowest BCUT2D eigenvalue weighted by Crippen LogP contribution is -2.22. The van der Waals surface area contributed by atoms with E-state index in [2.05, 4.69) is 30.9 Å². The molecule has 0 atom stereocenters. The standard InChI is InChI=1S/C12H16N2OSi/c1-10(14-15-16(2,3)4)12-7-5-6-11(8-12)9-13/h5-8H,1-4H3. The van der Waals surface area contributed by atoms with Crippen molar-refractivity contribution in [2.24, 2.45) is 5.16 Å². The van der Waals surface area contributed by atoms with Crippen LogP contribution in [0.1, 0.15) is 18.1 Å².